The number of aromatic amines is 1. The fourth-order valence-electron chi connectivity index (χ4n) is 1.85. The van der Waals surface area contributed by atoms with Crippen LogP contribution in [0, 0.1) is 0 Å². The topological polar surface area (TPSA) is 82.4 Å². The highest BCUT2D eigenvalue weighted by Crippen LogP contribution is 2.16. The first-order chi connectivity index (χ1) is 8.91. The summed E-state index contributed by atoms with van der Waals surface area (Å²) in [7, 11) is 0.543. The smallest absolute Gasteiger partial charge is 0.244 e. The van der Waals surface area contributed by atoms with Crippen molar-refractivity contribution in [1.82, 2.24) is 14.2 Å². The summed E-state index contributed by atoms with van der Waals surface area (Å²) >= 11 is 0. The standard InChI is InChI=1S/C12H24N4O2S/c1-4-16(7-5-6-15(2)3)19(17,18)12-8-11(9-13)14-10-12/h8,10,14H,4-7,9,13H2,1-3H3. The molecule has 1 heterocycles. The number of hydrogen-bond donors (Lipinski definition) is 2. The second-order valence-electron chi connectivity index (χ2n) is 4.72. The first-order valence-electron chi connectivity index (χ1n) is 6.44. The van der Waals surface area contributed by atoms with Crippen LogP contribution in [-0.4, -0.2) is 56.3 Å². The summed E-state index contributed by atoms with van der Waals surface area (Å²) < 4.78 is 26.3. The summed E-state index contributed by atoms with van der Waals surface area (Å²) in [5.41, 5.74) is 6.21. The highest BCUT2D eigenvalue weighted by atomic mass is 32.2. The van der Waals surface area contributed by atoms with Gasteiger partial charge in [0, 0.05) is 31.5 Å². The van der Waals surface area contributed by atoms with E-state index in [2.05, 4.69) is 4.98 Å². The van der Waals surface area contributed by atoms with Crippen molar-refractivity contribution in [2.45, 2.75) is 24.8 Å². The fraction of sp³-hybridized carbons (Fsp3) is 0.667. The molecule has 0 saturated heterocycles. The minimum Gasteiger partial charge on any atom is -0.363 e. The second kappa shape index (κ2) is 7.04. The quantitative estimate of drug-likeness (QED) is 0.727. The molecule has 0 bridgehead atoms. The van der Waals surface area contributed by atoms with Crippen LogP contribution in [0.5, 0.6) is 0 Å². The average molecular weight is 288 g/mol. The highest BCUT2D eigenvalue weighted by Gasteiger charge is 2.23. The Kier molecular flexibility index (Phi) is 5.99. The van der Waals surface area contributed by atoms with Gasteiger partial charge in [-0.15, -0.1) is 0 Å². The fourth-order valence-corrected chi connectivity index (χ4v) is 3.35. The minimum atomic E-state index is -3.41. The predicted octanol–water partition coefficient (Wildman–Crippen LogP) is 0.436. The molecule has 0 saturated carbocycles. The van der Waals surface area contributed by atoms with Gasteiger partial charge in [0.05, 0.1) is 4.90 Å². The molecule has 0 aliphatic rings. The van der Waals surface area contributed by atoms with Crippen LogP contribution in [0.3, 0.4) is 0 Å². The van der Waals surface area contributed by atoms with Gasteiger partial charge in [-0.25, -0.2) is 8.42 Å². The van der Waals surface area contributed by atoms with E-state index >= 15 is 0 Å². The molecule has 0 fully saturated rings. The normalized spacial score (nSPS) is 12.5. The number of nitrogens with one attached hydrogen (secondary N) is 1. The van der Waals surface area contributed by atoms with Crippen molar-refractivity contribution >= 4 is 10.0 Å². The van der Waals surface area contributed by atoms with Gasteiger partial charge in [0.2, 0.25) is 10.0 Å². The Labute approximate surface area is 115 Å². The van der Waals surface area contributed by atoms with Crippen molar-refractivity contribution in [3.8, 4) is 0 Å². The molecule has 0 unspecified atom stereocenters. The van der Waals surface area contributed by atoms with E-state index in [-0.39, 0.29) is 0 Å². The van der Waals surface area contributed by atoms with E-state index in [0.717, 1.165) is 18.7 Å². The second-order valence-corrected chi connectivity index (χ2v) is 6.66. The number of hydrogen-bond acceptors (Lipinski definition) is 4. The molecular weight excluding hydrogens is 264 g/mol. The molecule has 1 rings (SSSR count). The Morgan fingerprint density at radius 1 is 1.32 bits per heavy atom. The maximum Gasteiger partial charge on any atom is 0.244 e. The Morgan fingerprint density at radius 3 is 2.47 bits per heavy atom. The van der Waals surface area contributed by atoms with Crippen LogP contribution >= 0.6 is 0 Å². The maximum absolute atomic E-state index is 12.4. The van der Waals surface area contributed by atoms with E-state index in [1.165, 1.54) is 10.5 Å². The van der Waals surface area contributed by atoms with E-state index < -0.39 is 10.0 Å². The number of H-pyrrole nitrogens is 1. The monoisotopic (exact) mass is 288 g/mol. The van der Waals surface area contributed by atoms with Crippen LogP contribution in [0.2, 0.25) is 0 Å². The summed E-state index contributed by atoms with van der Waals surface area (Å²) in [6.07, 6.45) is 2.32. The summed E-state index contributed by atoms with van der Waals surface area (Å²) in [6, 6.07) is 1.60. The molecule has 110 valence electrons. The predicted molar refractivity (Wildman–Crippen MR) is 76.3 cm³/mol. The van der Waals surface area contributed by atoms with Crippen LogP contribution in [-0.2, 0) is 16.6 Å². The van der Waals surface area contributed by atoms with Crippen molar-refractivity contribution in [2.24, 2.45) is 5.73 Å². The number of rotatable bonds is 8. The number of nitrogens with two attached hydrogens (primary N) is 1. The Bertz CT molecular complexity index is 482. The number of aromatic nitrogens is 1. The molecule has 0 aliphatic heterocycles. The van der Waals surface area contributed by atoms with Crippen molar-refractivity contribution < 1.29 is 8.42 Å². The zero-order valence-electron chi connectivity index (χ0n) is 11.9. The van der Waals surface area contributed by atoms with Crippen LogP contribution in [0.1, 0.15) is 19.0 Å². The van der Waals surface area contributed by atoms with Gasteiger partial charge >= 0.3 is 0 Å². The van der Waals surface area contributed by atoms with Gasteiger partial charge in [0.15, 0.2) is 0 Å². The Balaban J connectivity index is 2.77. The third-order valence-electron chi connectivity index (χ3n) is 2.94. The lowest BCUT2D eigenvalue weighted by Crippen LogP contribution is -2.33. The van der Waals surface area contributed by atoms with E-state index in [1.54, 1.807) is 6.07 Å². The Morgan fingerprint density at radius 2 is 2.00 bits per heavy atom. The molecule has 0 spiro atoms. The van der Waals surface area contributed by atoms with Crippen molar-refractivity contribution in [1.29, 1.82) is 0 Å². The van der Waals surface area contributed by atoms with Gasteiger partial charge in [-0.05, 0) is 33.1 Å². The molecule has 3 N–H and O–H groups in total. The van der Waals surface area contributed by atoms with Crippen molar-refractivity contribution in [3.63, 3.8) is 0 Å². The third-order valence-corrected chi connectivity index (χ3v) is 4.89. The summed E-state index contributed by atoms with van der Waals surface area (Å²) in [6.45, 7) is 4.03. The van der Waals surface area contributed by atoms with Gasteiger partial charge in [-0.3, -0.25) is 0 Å². The molecule has 19 heavy (non-hydrogen) atoms. The molecule has 0 radical (unpaired) electrons. The lowest BCUT2D eigenvalue weighted by molar-refractivity contribution is 0.356. The van der Waals surface area contributed by atoms with Crippen LogP contribution < -0.4 is 5.73 Å². The van der Waals surface area contributed by atoms with Gasteiger partial charge in [0.25, 0.3) is 0 Å². The number of nitrogens with zero attached hydrogens (tertiary/aromatic N) is 2. The molecule has 6 nitrogen and oxygen atoms in total. The van der Waals surface area contributed by atoms with Crippen molar-refractivity contribution in [2.75, 3.05) is 33.7 Å². The molecular formula is C12H24N4O2S. The van der Waals surface area contributed by atoms with Crippen molar-refractivity contribution in [3.05, 3.63) is 18.0 Å². The van der Waals surface area contributed by atoms with Crippen LogP contribution in [0.15, 0.2) is 17.2 Å². The molecule has 0 aliphatic carbocycles. The van der Waals surface area contributed by atoms with E-state index in [0.29, 0.717) is 24.5 Å². The zero-order valence-corrected chi connectivity index (χ0v) is 12.7. The molecule has 7 heteroatoms. The average Bonchev–Trinajstić information content (AvgIpc) is 2.83. The van der Waals surface area contributed by atoms with Gasteiger partial charge in [0.1, 0.15) is 0 Å². The molecule has 1 aromatic rings. The highest BCUT2D eigenvalue weighted by molar-refractivity contribution is 7.89. The first-order valence-corrected chi connectivity index (χ1v) is 7.88. The van der Waals surface area contributed by atoms with E-state index in [1.807, 2.05) is 25.9 Å². The SMILES string of the molecule is CCN(CCCN(C)C)S(=O)(=O)c1c[nH]c(CN)c1. The maximum atomic E-state index is 12.4. The lowest BCUT2D eigenvalue weighted by Gasteiger charge is -2.20. The van der Waals surface area contributed by atoms with Gasteiger partial charge in [-0.1, -0.05) is 6.92 Å². The van der Waals surface area contributed by atoms with Crippen LogP contribution in [0.25, 0.3) is 0 Å². The first kappa shape index (κ1) is 16.2. The molecule has 0 amide bonds. The van der Waals surface area contributed by atoms with E-state index in [9.17, 15) is 8.42 Å². The molecule has 1 aromatic heterocycles. The third kappa shape index (κ3) is 4.31. The largest absolute Gasteiger partial charge is 0.363 e. The number of sulfonamides is 1. The summed E-state index contributed by atoms with van der Waals surface area (Å²) in [5, 5.41) is 0. The zero-order chi connectivity index (χ0) is 14.5. The van der Waals surface area contributed by atoms with Gasteiger partial charge < -0.3 is 15.6 Å². The van der Waals surface area contributed by atoms with Gasteiger partial charge in [-0.2, -0.15) is 4.31 Å². The molecule has 0 aromatic carbocycles. The summed E-state index contributed by atoms with van der Waals surface area (Å²) in [4.78, 5) is 5.21. The van der Waals surface area contributed by atoms with Crippen LogP contribution in [0.4, 0.5) is 0 Å². The summed E-state index contributed by atoms with van der Waals surface area (Å²) in [5.74, 6) is 0. The molecule has 0 atom stereocenters. The van der Waals surface area contributed by atoms with E-state index in [4.69, 9.17) is 5.73 Å². The lowest BCUT2D eigenvalue weighted by atomic mass is 10.4. The Hall–Kier alpha value is -0.890. The minimum absolute atomic E-state index is 0.291.